The van der Waals surface area contributed by atoms with Crippen molar-refractivity contribution >= 4 is 5.91 Å². The topological polar surface area (TPSA) is 56.6 Å². The summed E-state index contributed by atoms with van der Waals surface area (Å²) in [5, 5.41) is 4.77. The van der Waals surface area contributed by atoms with Gasteiger partial charge in [0.2, 0.25) is 5.91 Å². The largest absolute Gasteiger partial charge is 0.383 e. The van der Waals surface area contributed by atoms with Crippen LogP contribution < -0.4 is 0 Å². The van der Waals surface area contributed by atoms with Crippen molar-refractivity contribution in [2.75, 3.05) is 26.9 Å². The molecule has 1 amide bonds. The van der Waals surface area contributed by atoms with Crippen molar-refractivity contribution in [1.82, 2.24) is 14.7 Å². The first kappa shape index (κ1) is 18.2. The van der Waals surface area contributed by atoms with Crippen LogP contribution in [-0.2, 0) is 53.2 Å². The minimum atomic E-state index is 0.210. The lowest BCUT2D eigenvalue weighted by atomic mass is 9.99. The molecule has 0 unspecified atom stereocenters. The maximum atomic E-state index is 12.8. The summed E-state index contributed by atoms with van der Waals surface area (Å²) in [6.45, 7) is 4.24. The standard InChI is InChI=1S/C21H27N3O3/c1-26-13-11-24-20-9-12-27-15-18(20)19(22-24)6-7-21(25)23-10-8-16-4-2-3-5-17(16)14-23/h2-5H,6-15H2,1H3. The summed E-state index contributed by atoms with van der Waals surface area (Å²) in [6, 6.07) is 8.41. The van der Waals surface area contributed by atoms with Gasteiger partial charge in [-0.2, -0.15) is 5.10 Å². The molecule has 2 aliphatic heterocycles. The molecule has 0 atom stereocenters. The number of methoxy groups -OCH3 is 1. The molecule has 0 saturated carbocycles. The zero-order chi connectivity index (χ0) is 18.6. The number of fused-ring (bicyclic) bond motifs is 2. The third-order valence-electron chi connectivity index (χ3n) is 5.55. The van der Waals surface area contributed by atoms with Crippen LogP contribution in [0.3, 0.4) is 0 Å². The second-order valence-electron chi connectivity index (χ2n) is 7.22. The average Bonchev–Trinajstić information content (AvgIpc) is 3.08. The number of rotatable bonds is 6. The van der Waals surface area contributed by atoms with E-state index < -0.39 is 0 Å². The Kier molecular flexibility index (Phi) is 5.55. The fourth-order valence-corrected chi connectivity index (χ4v) is 4.03. The molecule has 0 spiro atoms. The first-order chi connectivity index (χ1) is 13.3. The summed E-state index contributed by atoms with van der Waals surface area (Å²) in [4.78, 5) is 14.7. The second-order valence-corrected chi connectivity index (χ2v) is 7.22. The van der Waals surface area contributed by atoms with E-state index in [4.69, 9.17) is 14.6 Å². The third-order valence-corrected chi connectivity index (χ3v) is 5.55. The summed E-state index contributed by atoms with van der Waals surface area (Å²) in [7, 11) is 1.70. The van der Waals surface area contributed by atoms with Gasteiger partial charge in [-0.3, -0.25) is 9.48 Å². The molecule has 6 nitrogen and oxygen atoms in total. The Morgan fingerprint density at radius 2 is 2.11 bits per heavy atom. The summed E-state index contributed by atoms with van der Waals surface area (Å²) in [5.74, 6) is 0.210. The lowest BCUT2D eigenvalue weighted by Crippen LogP contribution is -2.36. The molecule has 0 radical (unpaired) electrons. The Morgan fingerprint density at radius 3 is 2.96 bits per heavy atom. The minimum Gasteiger partial charge on any atom is -0.383 e. The number of nitrogens with zero attached hydrogens (tertiary/aromatic N) is 3. The molecular weight excluding hydrogens is 342 g/mol. The fraction of sp³-hybridized carbons (Fsp3) is 0.524. The number of amides is 1. The molecule has 0 fully saturated rings. The average molecular weight is 369 g/mol. The van der Waals surface area contributed by atoms with Gasteiger partial charge >= 0.3 is 0 Å². The van der Waals surface area contributed by atoms with Crippen LogP contribution in [0.5, 0.6) is 0 Å². The predicted octanol–water partition coefficient (Wildman–Crippen LogP) is 2.12. The summed E-state index contributed by atoms with van der Waals surface area (Å²) in [5.41, 5.74) is 6.06. The van der Waals surface area contributed by atoms with E-state index in [-0.39, 0.29) is 5.91 Å². The van der Waals surface area contributed by atoms with E-state index in [0.717, 1.165) is 44.8 Å². The molecule has 1 aromatic carbocycles. The van der Waals surface area contributed by atoms with E-state index in [1.54, 1.807) is 7.11 Å². The Labute approximate surface area is 160 Å². The smallest absolute Gasteiger partial charge is 0.223 e. The van der Waals surface area contributed by atoms with E-state index in [2.05, 4.69) is 18.2 Å². The van der Waals surface area contributed by atoms with Gasteiger partial charge in [0, 0.05) is 50.7 Å². The first-order valence-electron chi connectivity index (χ1n) is 9.75. The number of carbonyl (C=O) groups excluding carboxylic acids is 1. The molecule has 27 heavy (non-hydrogen) atoms. The second kappa shape index (κ2) is 8.23. The number of carbonyl (C=O) groups is 1. The highest BCUT2D eigenvalue weighted by Crippen LogP contribution is 2.23. The van der Waals surface area contributed by atoms with Crippen LogP contribution in [0.25, 0.3) is 0 Å². The first-order valence-corrected chi connectivity index (χ1v) is 9.75. The summed E-state index contributed by atoms with van der Waals surface area (Å²) < 4.78 is 12.9. The quantitative estimate of drug-likeness (QED) is 0.783. The maximum absolute atomic E-state index is 12.8. The molecular formula is C21H27N3O3. The fourth-order valence-electron chi connectivity index (χ4n) is 4.03. The Morgan fingerprint density at radius 1 is 1.26 bits per heavy atom. The highest BCUT2D eigenvalue weighted by atomic mass is 16.5. The van der Waals surface area contributed by atoms with Crippen LogP contribution in [0.4, 0.5) is 0 Å². The number of ether oxygens (including phenoxy) is 2. The van der Waals surface area contributed by atoms with Gasteiger partial charge in [0.15, 0.2) is 0 Å². The van der Waals surface area contributed by atoms with Crippen molar-refractivity contribution in [1.29, 1.82) is 0 Å². The lowest BCUT2D eigenvalue weighted by Gasteiger charge is -2.29. The molecule has 6 heteroatoms. The lowest BCUT2D eigenvalue weighted by molar-refractivity contribution is -0.132. The molecule has 2 aromatic rings. The number of hydrogen-bond acceptors (Lipinski definition) is 4. The van der Waals surface area contributed by atoms with Crippen molar-refractivity contribution in [3.05, 3.63) is 52.3 Å². The van der Waals surface area contributed by atoms with Gasteiger partial charge in [-0.15, -0.1) is 0 Å². The SMILES string of the molecule is COCCn1nc(CCC(=O)N2CCc3ccccc3C2)c2c1CCOC2. The Bertz CT molecular complexity index is 815. The van der Waals surface area contributed by atoms with Crippen LogP contribution in [0.2, 0.25) is 0 Å². The minimum absolute atomic E-state index is 0.210. The van der Waals surface area contributed by atoms with E-state index in [9.17, 15) is 4.79 Å². The van der Waals surface area contributed by atoms with Crippen LogP contribution in [0.15, 0.2) is 24.3 Å². The van der Waals surface area contributed by atoms with Gasteiger partial charge in [0.25, 0.3) is 0 Å². The Balaban J connectivity index is 1.41. The van der Waals surface area contributed by atoms with Crippen LogP contribution >= 0.6 is 0 Å². The van der Waals surface area contributed by atoms with Gasteiger partial charge < -0.3 is 14.4 Å². The van der Waals surface area contributed by atoms with Crippen molar-refractivity contribution in [3.8, 4) is 0 Å². The van der Waals surface area contributed by atoms with Crippen LogP contribution in [-0.4, -0.2) is 47.5 Å². The molecule has 3 heterocycles. The number of aryl methyl sites for hydroxylation is 1. The van der Waals surface area contributed by atoms with Gasteiger partial charge in [0.1, 0.15) is 0 Å². The van der Waals surface area contributed by atoms with E-state index in [0.29, 0.717) is 26.1 Å². The molecule has 1 aromatic heterocycles. The van der Waals surface area contributed by atoms with Crippen molar-refractivity contribution < 1.29 is 14.3 Å². The summed E-state index contributed by atoms with van der Waals surface area (Å²) in [6.07, 6.45) is 2.98. The monoisotopic (exact) mass is 369 g/mol. The number of benzene rings is 1. The highest BCUT2D eigenvalue weighted by molar-refractivity contribution is 5.76. The van der Waals surface area contributed by atoms with Crippen LogP contribution in [0, 0.1) is 0 Å². The van der Waals surface area contributed by atoms with Crippen LogP contribution in [0.1, 0.15) is 34.5 Å². The van der Waals surface area contributed by atoms with Gasteiger partial charge in [-0.25, -0.2) is 0 Å². The molecule has 0 N–H and O–H groups in total. The number of hydrogen-bond donors (Lipinski definition) is 0. The van der Waals surface area contributed by atoms with E-state index >= 15 is 0 Å². The van der Waals surface area contributed by atoms with Gasteiger partial charge in [-0.05, 0) is 17.5 Å². The molecule has 0 saturated heterocycles. The Hall–Kier alpha value is -2.18. The zero-order valence-electron chi connectivity index (χ0n) is 15.9. The molecule has 2 aliphatic rings. The van der Waals surface area contributed by atoms with Crippen molar-refractivity contribution in [2.45, 2.75) is 45.4 Å². The van der Waals surface area contributed by atoms with Gasteiger partial charge in [-0.1, -0.05) is 24.3 Å². The molecule has 4 rings (SSSR count). The van der Waals surface area contributed by atoms with Crippen molar-refractivity contribution in [2.24, 2.45) is 0 Å². The normalized spacial score (nSPS) is 16.1. The summed E-state index contributed by atoms with van der Waals surface area (Å²) >= 11 is 0. The predicted molar refractivity (Wildman–Crippen MR) is 101 cm³/mol. The van der Waals surface area contributed by atoms with Gasteiger partial charge in [0.05, 0.1) is 32.1 Å². The molecule has 0 aliphatic carbocycles. The highest BCUT2D eigenvalue weighted by Gasteiger charge is 2.24. The maximum Gasteiger partial charge on any atom is 0.223 e. The zero-order valence-corrected chi connectivity index (χ0v) is 15.9. The van der Waals surface area contributed by atoms with Crippen molar-refractivity contribution in [3.63, 3.8) is 0 Å². The molecule has 144 valence electrons. The van der Waals surface area contributed by atoms with E-state index in [1.165, 1.54) is 22.4 Å². The van der Waals surface area contributed by atoms with E-state index in [1.807, 2.05) is 15.6 Å². The number of aromatic nitrogens is 2. The molecule has 0 bridgehead atoms. The third kappa shape index (κ3) is 3.92.